The summed E-state index contributed by atoms with van der Waals surface area (Å²) < 4.78 is 6.89. The summed E-state index contributed by atoms with van der Waals surface area (Å²) in [5.41, 5.74) is 12.7. The van der Waals surface area contributed by atoms with Gasteiger partial charge in [0.2, 0.25) is 0 Å². The maximum Gasteiger partial charge on any atom is 0.167 e. The van der Waals surface area contributed by atoms with Gasteiger partial charge in [0, 0.05) is 27.9 Å². The molecule has 302 valence electrons. The molecule has 5 nitrogen and oxygen atoms in total. The van der Waals surface area contributed by atoms with Gasteiger partial charge in [0.05, 0.1) is 16.6 Å². The molecule has 0 saturated heterocycles. The van der Waals surface area contributed by atoms with Crippen molar-refractivity contribution in [3.63, 3.8) is 0 Å². The van der Waals surface area contributed by atoms with Crippen molar-refractivity contribution < 1.29 is 4.42 Å². The van der Waals surface area contributed by atoms with Crippen LogP contribution >= 0.6 is 0 Å². The topological polar surface area (TPSA) is 55.1 Å². The number of furan rings is 1. The van der Waals surface area contributed by atoms with Crippen LogP contribution in [0.3, 0.4) is 0 Å². The zero-order valence-electron chi connectivity index (χ0n) is 36.1. The molecule has 0 N–H and O–H groups in total. The van der Waals surface area contributed by atoms with Crippen LogP contribution in [0.4, 0.5) is 17.1 Å². The molecule has 0 bridgehead atoms. The Labute approximate surface area is 395 Å². The Morgan fingerprint density at radius 1 is 0.358 bits per heavy atom. The molecule has 0 amide bonds. The van der Waals surface area contributed by atoms with E-state index in [-0.39, 0.29) is 38.7 Å². The van der Waals surface area contributed by atoms with Crippen molar-refractivity contribution in [3.05, 3.63) is 200 Å². The first-order chi connectivity index (χ1) is 32.8. The first kappa shape index (κ1) is 41.6. The number of fused-ring (bicyclic) bond motifs is 3. The maximum absolute atomic E-state index is 6.89. The lowest BCUT2D eigenvalue weighted by atomic mass is 9.60. The molecule has 0 fully saturated rings. The van der Waals surface area contributed by atoms with Crippen molar-refractivity contribution >= 4 is 106 Å². The number of rotatable bonds is 9. The molecule has 10 heteroatoms. The van der Waals surface area contributed by atoms with Gasteiger partial charge in [-0.3, -0.25) is 0 Å². The summed E-state index contributed by atoms with van der Waals surface area (Å²) in [7, 11) is 32.5. The van der Waals surface area contributed by atoms with Crippen molar-refractivity contribution in [2.45, 2.75) is 0 Å². The van der Waals surface area contributed by atoms with E-state index >= 15 is 0 Å². The number of anilines is 3. The van der Waals surface area contributed by atoms with Crippen LogP contribution in [0, 0.1) is 0 Å². The van der Waals surface area contributed by atoms with Crippen LogP contribution in [0.2, 0.25) is 0 Å². The van der Waals surface area contributed by atoms with Gasteiger partial charge in [-0.2, -0.15) is 0 Å². The third-order valence-electron chi connectivity index (χ3n) is 12.2. The lowest BCUT2D eigenvalue weighted by molar-refractivity contribution is 0.669. The van der Waals surface area contributed by atoms with Gasteiger partial charge >= 0.3 is 0 Å². The number of hydrogen-bond acceptors (Lipinski definition) is 5. The number of para-hydroxylation sites is 1. The Balaban J connectivity index is 1.14. The average Bonchev–Trinajstić information content (AvgIpc) is 3.79. The first-order valence-electron chi connectivity index (χ1n) is 21.8. The van der Waals surface area contributed by atoms with Crippen molar-refractivity contribution in [3.8, 4) is 67.5 Å². The fourth-order valence-electron chi connectivity index (χ4n) is 8.76. The fraction of sp³-hybridized carbons (Fsp3) is 0. The molecule has 0 atom stereocenters. The van der Waals surface area contributed by atoms with Gasteiger partial charge in [0.1, 0.15) is 50.4 Å². The fourth-order valence-corrected chi connectivity index (χ4v) is 8.76. The Kier molecular flexibility index (Phi) is 10.8. The Morgan fingerprint density at radius 3 is 1.39 bits per heavy atom. The molecule has 67 heavy (non-hydrogen) atoms. The molecular weight excluding hydrogens is 811 g/mol. The highest BCUT2D eigenvalue weighted by atomic mass is 16.3. The van der Waals surface area contributed by atoms with E-state index in [0.29, 0.717) is 28.4 Å². The zero-order valence-corrected chi connectivity index (χ0v) is 36.1. The quantitative estimate of drug-likeness (QED) is 0.136. The van der Waals surface area contributed by atoms with Crippen molar-refractivity contribution in [1.82, 2.24) is 15.0 Å². The second-order valence-electron chi connectivity index (χ2n) is 16.3. The zero-order chi connectivity index (χ0) is 45.6. The largest absolute Gasteiger partial charge is 0.455 e. The van der Waals surface area contributed by atoms with Crippen LogP contribution in [0.5, 0.6) is 0 Å². The molecule has 9 aromatic carbocycles. The number of benzene rings is 9. The van der Waals surface area contributed by atoms with E-state index in [1.807, 2.05) is 78.9 Å². The van der Waals surface area contributed by atoms with Crippen LogP contribution in [0.25, 0.3) is 89.5 Å². The minimum atomic E-state index is 0.0917. The van der Waals surface area contributed by atoms with E-state index < -0.39 is 0 Å². The van der Waals surface area contributed by atoms with Gasteiger partial charge in [-0.1, -0.05) is 163 Å². The van der Waals surface area contributed by atoms with E-state index in [1.165, 1.54) is 0 Å². The summed E-state index contributed by atoms with van der Waals surface area (Å²) in [6.45, 7) is 0. The Bertz CT molecular complexity index is 3510. The van der Waals surface area contributed by atoms with Crippen LogP contribution in [0.1, 0.15) is 0 Å². The number of hydrogen-bond donors (Lipinski definition) is 0. The summed E-state index contributed by atoms with van der Waals surface area (Å²) >= 11 is 0. The highest BCUT2D eigenvalue weighted by molar-refractivity contribution is 6.68. The molecule has 11 aromatic rings. The van der Waals surface area contributed by atoms with Crippen LogP contribution in [-0.4, -0.2) is 54.2 Å². The average molecular weight is 844 g/mol. The second kappa shape index (κ2) is 17.4. The predicted molar refractivity (Wildman–Crippen MR) is 281 cm³/mol. The second-order valence-corrected chi connectivity index (χ2v) is 16.3. The molecular formula is C57H33B5N4O. The molecule has 0 aliphatic rings. The van der Waals surface area contributed by atoms with Crippen LogP contribution < -0.4 is 32.2 Å². The smallest absolute Gasteiger partial charge is 0.167 e. The highest BCUT2D eigenvalue weighted by Gasteiger charge is 2.25. The molecule has 0 saturated carbocycles. The van der Waals surface area contributed by atoms with E-state index in [4.69, 9.17) is 58.6 Å². The van der Waals surface area contributed by atoms with Crippen LogP contribution in [0.15, 0.2) is 205 Å². The summed E-state index contributed by atoms with van der Waals surface area (Å²) in [5, 5.41) is 1.78. The summed E-state index contributed by atoms with van der Waals surface area (Å²) in [6, 6.07) is 68.2. The molecule has 0 unspecified atom stereocenters. The summed E-state index contributed by atoms with van der Waals surface area (Å²) in [5.74, 6) is 0.863. The number of aromatic nitrogens is 3. The molecule has 11 rings (SSSR count). The first-order valence-corrected chi connectivity index (χ1v) is 21.8. The molecule has 0 aliphatic heterocycles. The van der Waals surface area contributed by atoms with Gasteiger partial charge in [0.25, 0.3) is 0 Å². The Hall–Kier alpha value is -8.09. The molecule has 0 aliphatic carbocycles. The SMILES string of the molecule is [B]c1c([B])c([B])c(-c2nc(-c3cccc(-c4ccccc4)c3)nc(-c3ccc(N(c4ccc(-c5ccccc5)cc4)c4ccc(-c5ccccc5)cc4)c4c3oc3ccccc34)n2)c([B])c1[B]. The predicted octanol–water partition coefficient (Wildman–Crippen LogP) is 9.21. The monoisotopic (exact) mass is 844 g/mol. The van der Waals surface area contributed by atoms with E-state index in [0.717, 1.165) is 66.8 Å². The molecule has 2 heterocycles. The standard InChI is InChI=1S/C57H33B5N4O/c58-49-48(50(59)52(61)53(62)51(49)60)57-64-55(40-20-12-19-39(33-40)36-17-8-3-9-18-36)63-56(65-57)44-31-32-45(47-43-21-10-11-22-46(43)67-54(44)47)66(41-27-23-37(24-28-41)34-13-4-1-5-14-34)42-29-25-38(26-30-42)35-15-6-2-7-16-35/h1-33H. The third-order valence-corrected chi connectivity index (χ3v) is 12.2. The third kappa shape index (κ3) is 7.64. The van der Waals surface area contributed by atoms with Gasteiger partial charge in [0.15, 0.2) is 17.5 Å². The normalized spacial score (nSPS) is 11.3. The Morgan fingerprint density at radius 2 is 0.806 bits per heavy atom. The molecule has 0 spiro atoms. The van der Waals surface area contributed by atoms with E-state index in [9.17, 15) is 0 Å². The van der Waals surface area contributed by atoms with Crippen molar-refractivity contribution in [2.75, 3.05) is 4.90 Å². The summed E-state index contributed by atoms with van der Waals surface area (Å²) in [6.07, 6.45) is 0. The number of nitrogens with zero attached hydrogens (tertiary/aromatic N) is 4. The van der Waals surface area contributed by atoms with E-state index in [2.05, 4.69) is 126 Å². The molecule has 10 radical (unpaired) electrons. The van der Waals surface area contributed by atoms with E-state index in [1.54, 1.807) is 0 Å². The van der Waals surface area contributed by atoms with Gasteiger partial charge in [-0.05, 0) is 81.9 Å². The molecule has 2 aromatic heterocycles. The lowest BCUT2D eigenvalue weighted by Gasteiger charge is -2.27. The highest BCUT2D eigenvalue weighted by Crippen LogP contribution is 2.46. The van der Waals surface area contributed by atoms with Gasteiger partial charge in [-0.15, -0.1) is 16.4 Å². The lowest BCUT2D eigenvalue weighted by Crippen LogP contribution is -2.55. The maximum atomic E-state index is 6.89. The van der Waals surface area contributed by atoms with Crippen molar-refractivity contribution in [1.29, 1.82) is 0 Å². The van der Waals surface area contributed by atoms with Gasteiger partial charge in [-0.25, -0.2) is 15.0 Å². The summed E-state index contributed by atoms with van der Waals surface area (Å²) in [4.78, 5) is 17.5. The van der Waals surface area contributed by atoms with Crippen molar-refractivity contribution in [2.24, 2.45) is 0 Å². The minimum absolute atomic E-state index is 0.0917. The van der Waals surface area contributed by atoms with Crippen LogP contribution in [-0.2, 0) is 0 Å². The van der Waals surface area contributed by atoms with Gasteiger partial charge < -0.3 is 9.32 Å². The minimum Gasteiger partial charge on any atom is -0.455 e.